The lowest BCUT2D eigenvalue weighted by Gasteiger charge is -2.12. The van der Waals surface area contributed by atoms with Crippen LogP contribution in [0.4, 0.5) is 29.3 Å². The van der Waals surface area contributed by atoms with Crippen molar-refractivity contribution in [1.29, 1.82) is 0 Å². The summed E-state index contributed by atoms with van der Waals surface area (Å²) in [5.41, 5.74) is 0.649. The summed E-state index contributed by atoms with van der Waals surface area (Å²) < 4.78 is 47.5. The first kappa shape index (κ1) is 26.3. The number of carboxylic acids is 1. The van der Waals surface area contributed by atoms with Gasteiger partial charge in [-0.25, -0.2) is 14.6 Å². The van der Waals surface area contributed by atoms with Crippen molar-refractivity contribution < 1.29 is 32.6 Å². The quantitative estimate of drug-likeness (QED) is 0.191. The molecule has 0 spiro atoms. The largest absolute Gasteiger partial charge is 0.477 e. The first-order valence-corrected chi connectivity index (χ1v) is 12.6. The van der Waals surface area contributed by atoms with Gasteiger partial charge in [0.2, 0.25) is 0 Å². The van der Waals surface area contributed by atoms with E-state index in [2.05, 4.69) is 15.6 Å². The van der Waals surface area contributed by atoms with Crippen LogP contribution in [0.15, 0.2) is 60.7 Å². The molecule has 0 aliphatic carbocycles. The van der Waals surface area contributed by atoms with Crippen molar-refractivity contribution in [2.24, 2.45) is 0 Å². The van der Waals surface area contributed by atoms with Gasteiger partial charge in [0.1, 0.15) is 11.5 Å². The Kier molecular flexibility index (Phi) is 6.83. The van der Waals surface area contributed by atoms with Crippen LogP contribution in [0.3, 0.4) is 0 Å². The number of aryl methyl sites for hydroxylation is 1. The van der Waals surface area contributed by atoms with Crippen LogP contribution in [0.1, 0.15) is 28.7 Å². The first-order chi connectivity index (χ1) is 18.5. The monoisotopic (exact) mass is 574 g/mol. The SMILES string of the molecule is CCc1nc2sc3cc(Oc4ccc(NC(=O)Nc5ccc(Cl)c(C(F)(F)F)c5)cc4)ccc3n2c1C(=O)O. The number of fused-ring (bicyclic) bond motifs is 3. The lowest BCUT2D eigenvalue weighted by Crippen LogP contribution is -2.19. The lowest BCUT2D eigenvalue weighted by atomic mass is 10.2. The fraction of sp³-hybridized carbons (Fsp3) is 0.115. The van der Waals surface area contributed by atoms with Gasteiger partial charge in [0.15, 0.2) is 10.7 Å². The molecule has 2 aromatic heterocycles. The first-order valence-electron chi connectivity index (χ1n) is 11.4. The average Bonchev–Trinajstić information content (AvgIpc) is 3.41. The number of anilines is 2. The minimum Gasteiger partial charge on any atom is -0.477 e. The second kappa shape index (κ2) is 10.1. The number of nitrogens with zero attached hydrogens (tertiary/aromatic N) is 2. The van der Waals surface area contributed by atoms with Gasteiger partial charge in [-0.3, -0.25) is 4.40 Å². The van der Waals surface area contributed by atoms with Gasteiger partial charge in [-0.1, -0.05) is 29.9 Å². The minimum absolute atomic E-state index is 0.0676. The Labute approximate surface area is 227 Å². The average molecular weight is 575 g/mol. The van der Waals surface area contributed by atoms with Crippen LogP contribution in [-0.4, -0.2) is 26.5 Å². The van der Waals surface area contributed by atoms with E-state index in [9.17, 15) is 27.9 Å². The summed E-state index contributed by atoms with van der Waals surface area (Å²) in [6, 6.07) is 14.0. The van der Waals surface area contributed by atoms with Crippen LogP contribution in [-0.2, 0) is 12.6 Å². The van der Waals surface area contributed by atoms with E-state index in [4.69, 9.17) is 16.3 Å². The Hall–Kier alpha value is -4.29. The number of nitrogens with one attached hydrogen (secondary N) is 2. The lowest BCUT2D eigenvalue weighted by molar-refractivity contribution is -0.137. The maximum absolute atomic E-state index is 13.0. The Balaban J connectivity index is 1.27. The third-order valence-corrected chi connectivity index (χ3v) is 7.04. The van der Waals surface area contributed by atoms with E-state index >= 15 is 0 Å². The second-order valence-electron chi connectivity index (χ2n) is 8.31. The normalized spacial score (nSPS) is 11.6. The van der Waals surface area contributed by atoms with E-state index in [1.54, 1.807) is 46.9 Å². The van der Waals surface area contributed by atoms with E-state index in [1.807, 2.05) is 6.92 Å². The number of rotatable bonds is 6. The highest BCUT2D eigenvalue weighted by molar-refractivity contribution is 7.23. The molecule has 0 radical (unpaired) electrons. The van der Waals surface area contributed by atoms with E-state index in [-0.39, 0.29) is 11.4 Å². The summed E-state index contributed by atoms with van der Waals surface area (Å²) in [7, 11) is 0. The third kappa shape index (κ3) is 5.33. The molecule has 13 heteroatoms. The topological polar surface area (TPSA) is 105 Å². The Morgan fingerprint density at radius 2 is 1.69 bits per heavy atom. The van der Waals surface area contributed by atoms with Crippen LogP contribution >= 0.6 is 22.9 Å². The zero-order valence-corrected chi connectivity index (χ0v) is 21.5. The molecule has 0 saturated carbocycles. The highest BCUT2D eigenvalue weighted by Gasteiger charge is 2.33. The molecule has 0 unspecified atom stereocenters. The van der Waals surface area contributed by atoms with Gasteiger partial charge in [0.25, 0.3) is 0 Å². The molecular weight excluding hydrogens is 557 g/mol. The summed E-state index contributed by atoms with van der Waals surface area (Å²) in [5.74, 6) is -0.0594. The molecule has 3 aromatic carbocycles. The van der Waals surface area contributed by atoms with Gasteiger partial charge in [-0.2, -0.15) is 13.2 Å². The predicted molar refractivity (Wildman–Crippen MR) is 143 cm³/mol. The zero-order valence-electron chi connectivity index (χ0n) is 20.0. The van der Waals surface area contributed by atoms with E-state index in [1.165, 1.54) is 17.4 Å². The number of carboxylic acid groups (broad SMARTS) is 1. The van der Waals surface area contributed by atoms with Crippen LogP contribution in [0, 0.1) is 0 Å². The van der Waals surface area contributed by atoms with Crippen molar-refractivity contribution in [2.45, 2.75) is 19.5 Å². The molecule has 2 amide bonds. The number of hydrogen-bond acceptors (Lipinski definition) is 5. The summed E-state index contributed by atoms with van der Waals surface area (Å²) >= 11 is 6.96. The van der Waals surface area contributed by atoms with Gasteiger partial charge in [0.05, 0.1) is 26.5 Å². The number of amides is 2. The number of urea groups is 1. The number of halogens is 4. The molecule has 39 heavy (non-hydrogen) atoms. The zero-order chi connectivity index (χ0) is 27.9. The molecule has 0 atom stereocenters. The number of alkyl halides is 3. The maximum atomic E-state index is 13.0. The van der Waals surface area contributed by atoms with Crippen molar-refractivity contribution in [3.63, 3.8) is 0 Å². The number of ether oxygens (including phenoxy) is 1. The summed E-state index contributed by atoms with van der Waals surface area (Å²) in [4.78, 5) is 29.1. The summed E-state index contributed by atoms with van der Waals surface area (Å²) in [6.45, 7) is 1.85. The van der Waals surface area contributed by atoms with Crippen LogP contribution in [0.25, 0.3) is 15.2 Å². The highest BCUT2D eigenvalue weighted by Crippen LogP contribution is 2.36. The van der Waals surface area contributed by atoms with Crippen molar-refractivity contribution in [3.8, 4) is 11.5 Å². The number of carbonyl (C=O) groups excluding carboxylic acids is 1. The fourth-order valence-electron chi connectivity index (χ4n) is 3.98. The van der Waals surface area contributed by atoms with Crippen LogP contribution in [0.5, 0.6) is 11.5 Å². The van der Waals surface area contributed by atoms with E-state index in [0.29, 0.717) is 39.8 Å². The predicted octanol–water partition coefficient (Wildman–Crippen LogP) is 7.92. The molecular formula is C26H18ClF3N4O4S. The standard InChI is InChI=1S/C26H18ClF3N4O4S/c1-2-19-22(23(35)36)34-20-10-8-16(12-21(20)39-25(34)33-19)38-15-6-3-13(4-7-15)31-24(37)32-14-5-9-18(27)17(11-14)26(28,29)30/h3-12H,2H2,1H3,(H,35,36)(H2,31,32,37). The number of aromatic nitrogens is 2. The summed E-state index contributed by atoms with van der Waals surface area (Å²) in [5, 5.41) is 14.1. The molecule has 0 saturated heterocycles. The highest BCUT2D eigenvalue weighted by atomic mass is 35.5. The van der Waals surface area contributed by atoms with Gasteiger partial charge < -0.3 is 20.5 Å². The van der Waals surface area contributed by atoms with Crippen LogP contribution in [0.2, 0.25) is 5.02 Å². The molecule has 3 N–H and O–H groups in total. The van der Waals surface area contributed by atoms with Gasteiger partial charge in [-0.15, -0.1) is 0 Å². The summed E-state index contributed by atoms with van der Waals surface area (Å²) in [6.07, 6.45) is -4.15. The number of thiazole rings is 1. The Morgan fingerprint density at radius 1 is 1.03 bits per heavy atom. The molecule has 200 valence electrons. The third-order valence-electron chi connectivity index (χ3n) is 5.71. The maximum Gasteiger partial charge on any atom is 0.417 e. The molecule has 8 nitrogen and oxygen atoms in total. The molecule has 0 bridgehead atoms. The van der Waals surface area contributed by atoms with Gasteiger partial charge >= 0.3 is 18.2 Å². The van der Waals surface area contributed by atoms with Gasteiger partial charge in [0, 0.05) is 17.4 Å². The van der Waals surface area contributed by atoms with E-state index in [0.717, 1.165) is 16.8 Å². The molecule has 5 aromatic rings. The number of carbonyl (C=O) groups is 2. The molecule has 5 rings (SSSR count). The number of hydrogen-bond donors (Lipinski definition) is 3. The second-order valence-corrected chi connectivity index (χ2v) is 9.73. The number of aromatic carboxylic acids is 1. The Morgan fingerprint density at radius 3 is 2.36 bits per heavy atom. The van der Waals surface area contributed by atoms with Crippen molar-refractivity contribution in [1.82, 2.24) is 9.38 Å². The van der Waals surface area contributed by atoms with E-state index < -0.39 is 28.8 Å². The van der Waals surface area contributed by atoms with Crippen LogP contribution < -0.4 is 15.4 Å². The number of benzene rings is 3. The molecule has 0 fully saturated rings. The van der Waals surface area contributed by atoms with Crippen molar-refractivity contribution in [3.05, 3.63) is 82.6 Å². The Bertz CT molecular complexity index is 1730. The smallest absolute Gasteiger partial charge is 0.417 e. The van der Waals surface area contributed by atoms with Gasteiger partial charge in [-0.05, 0) is 61.0 Å². The molecule has 2 heterocycles. The molecule has 0 aliphatic rings. The van der Waals surface area contributed by atoms with Crippen molar-refractivity contribution >= 4 is 61.5 Å². The fourth-order valence-corrected chi connectivity index (χ4v) is 5.28. The molecule has 0 aliphatic heterocycles. The minimum atomic E-state index is -4.65. The van der Waals surface area contributed by atoms with Crippen molar-refractivity contribution in [2.75, 3.05) is 10.6 Å². The number of imidazole rings is 1.